The van der Waals surface area contributed by atoms with Crippen molar-refractivity contribution in [3.8, 4) is 0 Å². The average molecular weight is 470 g/mol. The van der Waals surface area contributed by atoms with Crippen LogP contribution < -0.4 is 5.32 Å². The van der Waals surface area contributed by atoms with Gasteiger partial charge in [-0.2, -0.15) is 0 Å². The maximum absolute atomic E-state index is 3.85. The van der Waals surface area contributed by atoms with Gasteiger partial charge in [-0.15, -0.1) is 0 Å². The molecule has 1 aliphatic rings. The van der Waals surface area contributed by atoms with E-state index in [0.717, 1.165) is 26.1 Å². The summed E-state index contributed by atoms with van der Waals surface area (Å²) < 4.78 is 0. The molecule has 3 atom stereocenters. The molecule has 186 valence electrons. The molecule has 1 heterocycles. The molecule has 1 aliphatic heterocycles. The minimum Gasteiger partial charge on any atom is -0.382 e. The molecule has 1 fully saturated rings. The minimum absolute atomic E-state index is 0.433. The lowest BCUT2D eigenvalue weighted by Gasteiger charge is -2.43. The number of piperidine rings is 1. The largest absolute Gasteiger partial charge is 0.382 e. The molecule has 3 aromatic carbocycles. The zero-order chi connectivity index (χ0) is 24.3. The van der Waals surface area contributed by atoms with Crippen LogP contribution in [0.3, 0.4) is 0 Å². The SMILES string of the molecule is CCCN(Cc1ccccc1)CC1CCN(CCc2ccccc2)CC1C(C)Nc1ccccc1. The van der Waals surface area contributed by atoms with E-state index < -0.39 is 0 Å². The zero-order valence-electron chi connectivity index (χ0n) is 21.7. The molecule has 0 amide bonds. The van der Waals surface area contributed by atoms with Crippen LogP contribution in [0.25, 0.3) is 0 Å². The van der Waals surface area contributed by atoms with Gasteiger partial charge in [0.25, 0.3) is 0 Å². The van der Waals surface area contributed by atoms with Crippen molar-refractivity contribution in [3.05, 3.63) is 102 Å². The Morgan fingerprint density at radius 3 is 2.17 bits per heavy atom. The van der Waals surface area contributed by atoms with Crippen LogP contribution in [0.4, 0.5) is 5.69 Å². The van der Waals surface area contributed by atoms with Crippen LogP contribution >= 0.6 is 0 Å². The van der Waals surface area contributed by atoms with Gasteiger partial charge in [0.2, 0.25) is 0 Å². The van der Waals surface area contributed by atoms with E-state index in [0.29, 0.717) is 17.9 Å². The second-order valence-electron chi connectivity index (χ2n) is 10.3. The van der Waals surface area contributed by atoms with E-state index in [1.807, 2.05) is 0 Å². The molecule has 3 aromatic rings. The second kappa shape index (κ2) is 13.5. The smallest absolute Gasteiger partial charge is 0.0342 e. The van der Waals surface area contributed by atoms with Gasteiger partial charge in [-0.3, -0.25) is 4.90 Å². The Labute approximate surface area is 213 Å². The summed E-state index contributed by atoms with van der Waals surface area (Å²) >= 11 is 0. The van der Waals surface area contributed by atoms with E-state index in [2.05, 4.69) is 120 Å². The van der Waals surface area contributed by atoms with Crippen LogP contribution in [-0.4, -0.2) is 48.6 Å². The fraction of sp³-hybridized carbons (Fsp3) is 0.438. The summed E-state index contributed by atoms with van der Waals surface area (Å²) in [4.78, 5) is 5.40. The van der Waals surface area contributed by atoms with Crippen LogP contribution in [0.2, 0.25) is 0 Å². The molecular formula is C32H43N3. The van der Waals surface area contributed by atoms with Crippen molar-refractivity contribution in [2.24, 2.45) is 11.8 Å². The standard InChI is InChI=1S/C32H43N3/c1-3-21-35(24-29-15-9-5-10-16-29)25-30-20-23-34(22-19-28-13-7-4-8-14-28)26-32(30)27(2)33-31-17-11-6-12-18-31/h4-18,27,30,32-33H,3,19-26H2,1-2H3. The zero-order valence-corrected chi connectivity index (χ0v) is 21.7. The summed E-state index contributed by atoms with van der Waals surface area (Å²) in [6, 6.07) is 33.1. The highest BCUT2D eigenvalue weighted by atomic mass is 15.2. The predicted molar refractivity (Wildman–Crippen MR) is 150 cm³/mol. The molecule has 3 heteroatoms. The number of para-hydroxylation sites is 1. The van der Waals surface area contributed by atoms with Gasteiger partial charge in [0.15, 0.2) is 0 Å². The molecule has 0 radical (unpaired) electrons. The number of hydrogen-bond acceptors (Lipinski definition) is 3. The summed E-state index contributed by atoms with van der Waals surface area (Å²) in [6.07, 6.45) is 3.61. The van der Waals surface area contributed by atoms with E-state index in [4.69, 9.17) is 0 Å². The summed E-state index contributed by atoms with van der Waals surface area (Å²) in [6.45, 7) is 11.6. The Kier molecular flexibility index (Phi) is 9.80. The number of nitrogens with zero attached hydrogens (tertiary/aromatic N) is 2. The topological polar surface area (TPSA) is 18.5 Å². The Morgan fingerprint density at radius 2 is 1.51 bits per heavy atom. The molecule has 0 spiro atoms. The van der Waals surface area contributed by atoms with Crippen molar-refractivity contribution in [3.63, 3.8) is 0 Å². The molecule has 35 heavy (non-hydrogen) atoms. The van der Waals surface area contributed by atoms with Crippen molar-refractivity contribution in [2.45, 2.75) is 45.7 Å². The molecule has 0 saturated carbocycles. The van der Waals surface area contributed by atoms with Gasteiger partial charge in [-0.1, -0.05) is 85.8 Å². The van der Waals surface area contributed by atoms with Gasteiger partial charge < -0.3 is 10.2 Å². The highest BCUT2D eigenvalue weighted by molar-refractivity contribution is 5.43. The lowest BCUT2D eigenvalue weighted by atomic mass is 9.80. The molecule has 1 saturated heterocycles. The number of likely N-dealkylation sites (tertiary alicyclic amines) is 1. The van der Waals surface area contributed by atoms with Gasteiger partial charge in [0.05, 0.1) is 0 Å². The Morgan fingerprint density at radius 1 is 0.886 bits per heavy atom. The van der Waals surface area contributed by atoms with E-state index in [1.165, 1.54) is 49.3 Å². The summed E-state index contributed by atoms with van der Waals surface area (Å²) in [7, 11) is 0. The first kappa shape index (κ1) is 25.5. The minimum atomic E-state index is 0.433. The lowest BCUT2D eigenvalue weighted by Crippen LogP contribution is -2.50. The quantitative estimate of drug-likeness (QED) is 0.323. The van der Waals surface area contributed by atoms with Crippen LogP contribution in [0.15, 0.2) is 91.0 Å². The van der Waals surface area contributed by atoms with Crippen LogP contribution in [0, 0.1) is 11.8 Å². The van der Waals surface area contributed by atoms with Gasteiger partial charge in [-0.05, 0) is 74.4 Å². The normalized spacial score (nSPS) is 19.5. The van der Waals surface area contributed by atoms with Crippen molar-refractivity contribution in [1.29, 1.82) is 0 Å². The lowest BCUT2D eigenvalue weighted by molar-refractivity contribution is 0.0782. The van der Waals surface area contributed by atoms with Crippen LogP contribution in [0.1, 0.15) is 37.8 Å². The monoisotopic (exact) mass is 469 g/mol. The van der Waals surface area contributed by atoms with Gasteiger partial charge in [0, 0.05) is 37.9 Å². The molecule has 0 aromatic heterocycles. The van der Waals surface area contributed by atoms with E-state index >= 15 is 0 Å². The summed E-state index contributed by atoms with van der Waals surface area (Å²) in [5, 5.41) is 3.85. The molecule has 1 N–H and O–H groups in total. The second-order valence-corrected chi connectivity index (χ2v) is 10.3. The molecule has 3 unspecified atom stereocenters. The van der Waals surface area contributed by atoms with E-state index in [1.54, 1.807) is 0 Å². The highest BCUT2D eigenvalue weighted by Gasteiger charge is 2.34. The highest BCUT2D eigenvalue weighted by Crippen LogP contribution is 2.30. The van der Waals surface area contributed by atoms with Crippen LogP contribution in [-0.2, 0) is 13.0 Å². The molecule has 4 rings (SSSR count). The first-order valence-electron chi connectivity index (χ1n) is 13.6. The Hall–Kier alpha value is -2.62. The Balaban J connectivity index is 1.44. The Bertz CT molecular complexity index is 960. The third-order valence-electron chi connectivity index (χ3n) is 7.54. The number of hydrogen-bond donors (Lipinski definition) is 1. The van der Waals surface area contributed by atoms with Crippen molar-refractivity contribution < 1.29 is 0 Å². The fourth-order valence-electron chi connectivity index (χ4n) is 5.66. The summed E-state index contributed by atoms with van der Waals surface area (Å²) in [5.74, 6) is 1.32. The maximum atomic E-state index is 3.85. The first-order chi connectivity index (χ1) is 17.2. The molecule has 0 aliphatic carbocycles. The third kappa shape index (κ3) is 7.95. The number of nitrogens with one attached hydrogen (secondary N) is 1. The van der Waals surface area contributed by atoms with Crippen molar-refractivity contribution in [2.75, 3.05) is 38.0 Å². The van der Waals surface area contributed by atoms with E-state index in [9.17, 15) is 0 Å². The number of benzene rings is 3. The van der Waals surface area contributed by atoms with Crippen molar-refractivity contribution in [1.82, 2.24) is 9.80 Å². The maximum Gasteiger partial charge on any atom is 0.0342 e. The van der Waals surface area contributed by atoms with Gasteiger partial charge in [0.1, 0.15) is 0 Å². The first-order valence-corrected chi connectivity index (χ1v) is 13.6. The number of anilines is 1. The van der Waals surface area contributed by atoms with E-state index in [-0.39, 0.29) is 0 Å². The molecule has 3 nitrogen and oxygen atoms in total. The molecular weight excluding hydrogens is 426 g/mol. The fourth-order valence-corrected chi connectivity index (χ4v) is 5.66. The van der Waals surface area contributed by atoms with Crippen molar-refractivity contribution >= 4 is 5.69 Å². The third-order valence-corrected chi connectivity index (χ3v) is 7.54. The molecule has 0 bridgehead atoms. The number of rotatable bonds is 12. The predicted octanol–water partition coefficient (Wildman–Crippen LogP) is 6.58. The van der Waals surface area contributed by atoms with Gasteiger partial charge >= 0.3 is 0 Å². The summed E-state index contributed by atoms with van der Waals surface area (Å²) in [5.41, 5.74) is 4.10. The van der Waals surface area contributed by atoms with Gasteiger partial charge in [-0.25, -0.2) is 0 Å². The average Bonchev–Trinajstić information content (AvgIpc) is 2.90. The van der Waals surface area contributed by atoms with Crippen LogP contribution in [0.5, 0.6) is 0 Å².